The van der Waals surface area contributed by atoms with Crippen molar-refractivity contribution in [3.63, 3.8) is 0 Å². The van der Waals surface area contributed by atoms with Gasteiger partial charge in [-0.2, -0.15) is 0 Å². The van der Waals surface area contributed by atoms with Crippen LogP contribution in [-0.4, -0.2) is 11.1 Å². The van der Waals surface area contributed by atoms with Crippen molar-refractivity contribution < 1.29 is 14.3 Å². The zero-order chi connectivity index (χ0) is 14.8. The molecule has 0 saturated carbocycles. The number of carbonyl (C=O) groups is 1. The van der Waals surface area contributed by atoms with Crippen LogP contribution in [-0.2, 0) is 0 Å². The van der Waals surface area contributed by atoms with Gasteiger partial charge in [0.1, 0.15) is 5.82 Å². The summed E-state index contributed by atoms with van der Waals surface area (Å²) in [7, 11) is 0. The third kappa shape index (κ3) is 2.58. The molecule has 0 aliphatic carbocycles. The molecule has 3 rings (SSSR count). The molecule has 0 aliphatic rings. The van der Waals surface area contributed by atoms with E-state index < -0.39 is 5.97 Å². The monoisotopic (exact) mass is 298 g/mol. The van der Waals surface area contributed by atoms with Crippen molar-refractivity contribution in [3.8, 4) is 21.6 Å². The maximum atomic E-state index is 13.0. The summed E-state index contributed by atoms with van der Waals surface area (Å²) < 4.78 is 13.0. The van der Waals surface area contributed by atoms with Crippen LogP contribution in [0.15, 0.2) is 60.0 Å². The van der Waals surface area contributed by atoms with E-state index in [4.69, 9.17) is 0 Å². The van der Waals surface area contributed by atoms with Crippen molar-refractivity contribution >= 4 is 17.3 Å². The number of aromatic carboxylic acids is 1. The number of hydrogen-bond donors (Lipinski definition) is 1. The molecule has 0 bridgehead atoms. The molecule has 0 aliphatic heterocycles. The summed E-state index contributed by atoms with van der Waals surface area (Å²) >= 11 is 1.48. The summed E-state index contributed by atoms with van der Waals surface area (Å²) in [6.07, 6.45) is 0. The summed E-state index contributed by atoms with van der Waals surface area (Å²) in [5, 5.41) is 11.2. The Hall–Kier alpha value is -2.46. The summed E-state index contributed by atoms with van der Waals surface area (Å²) in [4.78, 5) is 12.2. The van der Waals surface area contributed by atoms with Crippen LogP contribution in [0.2, 0.25) is 0 Å². The molecule has 3 aromatic rings. The molecule has 0 fully saturated rings. The van der Waals surface area contributed by atoms with Crippen LogP contribution >= 0.6 is 11.3 Å². The number of hydrogen-bond acceptors (Lipinski definition) is 2. The first-order valence-electron chi connectivity index (χ1n) is 6.33. The minimum absolute atomic E-state index is 0.267. The molecule has 1 N–H and O–H groups in total. The van der Waals surface area contributed by atoms with Crippen LogP contribution in [0, 0.1) is 5.82 Å². The van der Waals surface area contributed by atoms with E-state index in [9.17, 15) is 14.3 Å². The van der Waals surface area contributed by atoms with Gasteiger partial charge in [-0.15, -0.1) is 11.3 Å². The Bertz CT molecular complexity index is 791. The smallest absolute Gasteiger partial charge is 0.336 e. The predicted molar refractivity (Wildman–Crippen MR) is 82.1 cm³/mol. The van der Waals surface area contributed by atoms with Crippen LogP contribution < -0.4 is 0 Å². The van der Waals surface area contributed by atoms with Gasteiger partial charge in [-0.25, -0.2) is 9.18 Å². The van der Waals surface area contributed by atoms with Crippen LogP contribution in [0.1, 0.15) is 10.4 Å². The average molecular weight is 298 g/mol. The summed E-state index contributed by atoms with van der Waals surface area (Å²) in [6, 6.07) is 15.0. The standard InChI is InChI=1S/C17H11FO2S/c18-12-7-5-11(6-8-12)13-9-10-21-16(13)14-3-1-2-4-15(14)17(19)20/h1-10H,(H,19,20). The Balaban J connectivity index is 2.16. The highest BCUT2D eigenvalue weighted by Crippen LogP contribution is 2.38. The molecular formula is C17H11FO2S. The van der Waals surface area contributed by atoms with Crippen molar-refractivity contribution in [2.45, 2.75) is 0 Å². The van der Waals surface area contributed by atoms with Crippen LogP contribution in [0.4, 0.5) is 4.39 Å². The fourth-order valence-corrected chi connectivity index (χ4v) is 3.20. The van der Waals surface area contributed by atoms with E-state index in [2.05, 4.69) is 0 Å². The molecule has 0 saturated heterocycles. The number of rotatable bonds is 3. The highest BCUT2D eigenvalue weighted by molar-refractivity contribution is 7.14. The first-order valence-corrected chi connectivity index (χ1v) is 7.21. The van der Waals surface area contributed by atoms with Crippen molar-refractivity contribution in [2.24, 2.45) is 0 Å². The normalized spacial score (nSPS) is 10.5. The Morgan fingerprint density at radius 3 is 2.38 bits per heavy atom. The summed E-state index contributed by atoms with van der Waals surface area (Å²) in [6.45, 7) is 0. The molecule has 0 atom stereocenters. The van der Waals surface area contributed by atoms with Crippen molar-refractivity contribution in [3.05, 3.63) is 71.4 Å². The number of carboxylic acids is 1. The van der Waals surface area contributed by atoms with Crippen LogP contribution in [0.5, 0.6) is 0 Å². The maximum absolute atomic E-state index is 13.0. The minimum Gasteiger partial charge on any atom is -0.478 e. The Labute approximate surface area is 125 Å². The number of thiophene rings is 1. The lowest BCUT2D eigenvalue weighted by Gasteiger charge is -2.07. The van der Waals surface area contributed by atoms with E-state index in [1.54, 1.807) is 30.3 Å². The average Bonchev–Trinajstić information content (AvgIpc) is 2.97. The van der Waals surface area contributed by atoms with Gasteiger partial charge in [0.05, 0.1) is 5.56 Å². The van der Waals surface area contributed by atoms with E-state index in [0.29, 0.717) is 5.56 Å². The van der Waals surface area contributed by atoms with Gasteiger partial charge in [0.2, 0.25) is 0 Å². The topological polar surface area (TPSA) is 37.3 Å². The molecule has 0 amide bonds. The van der Waals surface area contributed by atoms with Crippen LogP contribution in [0.3, 0.4) is 0 Å². The molecule has 0 spiro atoms. The first kappa shape index (κ1) is 13.5. The second-order valence-electron chi connectivity index (χ2n) is 4.52. The molecule has 2 nitrogen and oxygen atoms in total. The van der Waals surface area contributed by atoms with E-state index in [-0.39, 0.29) is 11.4 Å². The molecule has 4 heteroatoms. The lowest BCUT2D eigenvalue weighted by molar-refractivity contribution is 0.0698. The SMILES string of the molecule is O=C(O)c1ccccc1-c1sccc1-c1ccc(F)cc1. The molecule has 1 heterocycles. The number of halogens is 1. The van der Waals surface area contributed by atoms with Gasteiger partial charge >= 0.3 is 5.97 Å². The third-order valence-corrected chi connectivity index (χ3v) is 4.17. The highest BCUT2D eigenvalue weighted by Gasteiger charge is 2.15. The van der Waals surface area contributed by atoms with Crippen molar-refractivity contribution in [2.75, 3.05) is 0 Å². The number of carboxylic acid groups (broad SMARTS) is 1. The quantitative estimate of drug-likeness (QED) is 0.745. The van der Waals surface area contributed by atoms with E-state index in [1.165, 1.54) is 23.5 Å². The zero-order valence-corrected chi connectivity index (χ0v) is 11.7. The van der Waals surface area contributed by atoms with Crippen molar-refractivity contribution in [1.29, 1.82) is 0 Å². The Morgan fingerprint density at radius 2 is 1.67 bits per heavy atom. The lowest BCUT2D eigenvalue weighted by Crippen LogP contribution is -1.98. The molecule has 1 aromatic heterocycles. The first-order chi connectivity index (χ1) is 10.2. The highest BCUT2D eigenvalue weighted by atomic mass is 32.1. The van der Waals surface area contributed by atoms with E-state index >= 15 is 0 Å². The van der Waals surface area contributed by atoms with Crippen molar-refractivity contribution in [1.82, 2.24) is 0 Å². The zero-order valence-electron chi connectivity index (χ0n) is 10.9. The molecular weight excluding hydrogens is 287 g/mol. The summed E-state index contributed by atoms with van der Waals surface area (Å²) in [5.74, 6) is -1.24. The Morgan fingerprint density at radius 1 is 0.952 bits per heavy atom. The van der Waals surface area contributed by atoms with Gasteiger partial charge in [-0.3, -0.25) is 0 Å². The largest absolute Gasteiger partial charge is 0.478 e. The second-order valence-corrected chi connectivity index (χ2v) is 5.44. The minimum atomic E-state index is -0.955. The van der Waals surface area contributed by atoms with Crippen LogP contribution in [0.25, 0.3) is 21.6 Å². The predicted octanol–water partition coefficient (Wildman–Crippen LogP) is 4.92. The van der Waals surface area contributed by atoms with Gasteiger partial charge in [0, 0.05) is 16.0 Å². The molecule has 0 unspecified atom stereocenters. The fraction of sp³-hybridized carbons (Fsp3) is 0. The van der Waals surface area contributed by atoms with Gasteiger partial charge < -0.3 is 5.11 Å². The Kier molecular flexibility index (Phi) is 3.54. The second kappa shape index (κ2) is 5.50. The summed E-state index contributed by atoms with van der Waals surface area (Å²) in [5.41, 5.74) is 2.73. The van der Waals surface area contributed by atoms with E-state index in [0.717, 1.165) is 16.0 Å². The fourth-order valence-electron chi connectivity index (χ4n) is 2.24. The van der Waals surface area contributed by atoms with Gasteiger partial charge in [0.15, 0.2) is 0 Å². The molecule has 21 heavy (non-hydrogen) atoms. The van der Waals surface area contributed by atoms with Gasteiger partial charge in [0.25, 0.3) is 0 Å². The third-order valence-electron chi connectivity index (χ3n) is 3.22. The number of benzene rings is 2. The maximum Gasteiger partial charge on any atom is 0.336 e. The van der Waals surface area contributed by atoms with Gasteiger partial charge in [-0.05, 0) is 35.2 Å². The molecule has 2 aromatic carbocycles. The van der Waals surface area contributed by atoms with E-state index in [1.807, 2.05) is 17.5 Å². The molecule has 104 valence electrons. The molecule has 0 radical (unpaired) electrons. The lowest BCUT2D eigenvalue weighted by atomic mass is 9.99. The van der Waals surface area contributed by atoms with Gasteiger partial charge in [-0.1, -0.05) is 30.3 Å².